The minimum atomic E-state index is -0.0883. The van der Waals surface area contributed by atoms with E-state index in [4.69, 9.17) is 4.74 Å². The Morgan fingerprint density at radius 2 is 2.37 bits per heavy atom. The number of anilines is 1. The fraction of sp³-hybridized carbons (Fsp3) is 0.500. The molecular formula is C14H19N3O2. The second kappa shape index (κ2) is 5.59. The van der Waals surface area contributed by atoms with Gasteiger partial charge in [0, 0.05) is 6.54 Å². The third-order valence-corrected chi connectivity index (χ3v) is 3.60. The molecule has 0 radical (unpaired) electrons. The van der Waals surface area contributed by atoms with Crippen LogP contribution in [0.2, 0.25) is 0 Å². The first-order chi connectivity index (χ1) is 9.31. The lowest BCUT2D eigenvalue weighted by Gasteiger charge is -2.18. The molecule has 3 rings (SSSR count). The van der Waals surface area contributed by atoms with Gasteiger partial charge in [0.1, 0.15) is 5.75 Å². The molecule has 0 aliphatic carbocycles. The van der Waals surface area contributed by atoms with Crippen LogP contribution in [-0.2, 0) is 11.3 Å². The monoisotopic (exact) mass is 261 g/mol. The highest BCUT2D eigenvalue weighted by Gasteiger charge is 2.16. The van der Waals surface area contributed by atoms with Gasteiger partial charge in [0.25, 0.3) is 5.91 Å². The third kappa shape index (κ3) is 3.05. The van der Waals surface area contributed by atoms with E-state index in [2.05, 4.69) is 16.0 Å². The molecular weight excluding hydrogens is 242 g/mol. The lowest BCUT2D eigenvalue weighted by Crippen LogP contribution is -2.26. The molecule has 1 unspecified atom stereocenters. The zero-order chi connectivity index (χ0) is 13.1. The first kappa shape index (κ1) is 12.4. The maximum atomic E-state index is 11.3. The van der Waals surface area contributed by atoms with Crippen molar-refractivity contribution in [1.82, 2.24) is 10.6 Å². The molecule has 3 N–H and O–H groups in total. The largest absolute Gasteiger partial charge is 0.482 e. The molecule has 0 spiro atoms. The van der Waals surface area contributed by atoms with Crippen molar-refractivity contribution in [3.05, 3.63) is 23.8 Å². The van der Waals surface area contributed by atoms with Crippen molar-refractivity contribution in [2.24, 2.45) is 5.92 Å². The second-order valence-corrected chi connectivity index (χ2v) is 5.16. The average molecular weight is 261 g/mol. The maximum Gasteiger partial charge on any atom is 0.262 e. The molecule has 1 aromatic carbocycles. The van der Waals surface area contributed by atoms with Gasteiger partial charge >= 0.3 is 0 Å². The lowest BCUT2D eigenvalue weighted by molar-refractivity contribution is -0.118. The first-order valence-corrected chi connectivity index (χ1v) is 6.78. The minimum absolute atomic E-state index is 0.0883. The number of hydrogen-bond acceptors (Lipinski definition) is 4. The number of amides is 1. The Kier molecular flexibility index (Phi) is 3.66. The Hall–Kier alpha value is -1.59. The van der Waals surface area contributed by atoms with Gasteiger partial charge < -0.3 is 20.7 Å². The van der Waals surface area contributed by atoms with E-state index in [0.717, 1.165) is 49.1 Å². The number of fused-ring (bicyclic) bond motifs is 1. The molecule has 19 heavy (non-hydrogen) atoms. The van der Waals surface area contributed by atoms with Crippen molar-refractivity contribution < 1.29 is 9.53 Å². The number of carbonyl (C=O) groups is 1. The normalized spacial score (nSPS) is 21.7. The quantitative estimate of drug-likeness (QED) is 0.747. The van der Waals surface area contributed by atoms with Crippen LogP contribution in [0.4, 0.5) is 5.69 Å². The van der Waals surface area contributed by atoms with E-state index >= 15 is 0 Å². The van der Waals surface area contributed by atoms with Crippen molar-refractivity contribution >= 4 is 11.6 Å². The third-order valence-electron chi connectivity index (χ3n) is 3.60. The van der Waals surface area contributed by atoms with Crippen LogP contribution in [0.25, 0.3) is 0 Å². The van der Waals surface area contributed by atoms with Crippen molar-refractivity contribution in [2.75, 3.05) is 31.6 Å². The standard InChI is InChI=1S/C14H19N3O2/c18-14-9-19-13-2-1-10(5-12(13)17-14)6-16-8-11-3-4-15-7-11/h1-2,5,11,15-16H,3-4,6-9H2,(H,17,18). The van der Waals surface area contributed by atoms with Crippen LogP contribution >= 0.6 is 0 Å². The summed E-state index contributed by atoms with van der Waals surface area (Å²) in [6.45, 7) is 4.21. The Bertz CT molecular complexity index is 470. The van der Waals surface area contributed by atoms with E-state index in [-0.39, 0.29) is 12.5 Å². The highest BCUT2D eigenvalue weighted by molar-refractivity contribution is 5.95. The Balaban J connectivity index is 1.56. The van der Waals surface area contributed by atoms with E-state index in [0.29, 0.717) is 0 Å². The van der Waals surface area contributed by atoms with Crippen molar-refractivity contribution in [3.8, 4) is 5.75 Å². The second-order valence-electron chi connectivity index (χ2n) is 5.16. The van der Waals surface area contributed by atoms with Crippen LogP contribution in [0.3, 0.4) is 0 Å². The number of ether oxygens (including phenoxy) is 1. The Labute approximate surface area is 112 Å². The molecule has 1 atom stereocenters. The zero-order valence-electron chi connectivity index (χ0n) is 10.9. The predicted molar refractivity (Wildman–Crippen MR) is 73.3 cm³/mol. The topological polar surface area (TPSA) is 62.4 Å². The van der Waals surface area contributed by atoms with E-state index < -0.39 is 0 Å². The van der Waals surface area contributed by atoms with E-state index in [1.165, 1.54) is 6.42 Å². The molecule has 2 aliphatic heterocycles. The molecule has 0 saturated carbocycles. The summed E-state index contributed by atoms with van der Waals surface area (Å²) in [7, 11) is 0. The van der Waals surface area contributed by atoms with Crippen LogP contribution in [0.1, 0.15) is 12.0 Å². The van der Waals surface area contributed by atoms with Gasteiger partial charge in [-0.15, -0.1) is 0 Å². The highest BCUT2D eigenvalue weighted by atomic mass is 16.5. The molecule has 1 amide bonds. The zero-order valence-corrected chi connectivity index (χ0v) is 10.9. The highest BCUT2D eigenvalue weighted by Crippen LogP contribution is 2.28. The van der Waals surface area contributed by atoms with Crippen LogP contribution in [0.5, 0.6) is 5.75 Å². The lowest BCUT2D eigenvalue weighted by atomic mass is 10.1. The van der Waals surface area contributed by atoms with E-state index in [1.807, 2.05) is 18.2 Å². The molecule has 2 heterocycles. The molecule has 2 aliphatic rings. The van der Waals surface area contributed by atoms with Gasteiger partial charge in [-0.3, -0.25) is 4.79 Å². The van der Waals surface area contributed by atoms with Crippen LogP contribution in [-0.4, -0.2) is 32.1 Å². The number of nitrogens with one attached hydrogen (secondary N) is 3. The van der Waals surface area contributed by atoms with Gasteiger partial charge in [-0.1, -0.05) is 6.07 Å². The number of benzene rings is 1. The van der Waals surface area contributed by atoms with Gasteiger partial charge in [0.2, 0.25) is 0 Å². The summed E-state index contributed by atoms with van der Waals surface area (Å²) in [6.07, 6.45) is 1.25. The molecule has 1 saturated heterocycles. The van der Waals surface area contributed by atoms with Gasteiger partial charge in [-0.25, -0.2) is 0 Å². The van der Waals surface area contributed by atoms with Crippen LogP contribution in [0.15, 0.2) is 18.2 Å². The molecule has 102 valence electrons. The van der Waals surface area contributed by atoms with Gasteiger partial charge in [0.05, 0.1) is 5.69 Å². The van der Waals surface area contributed by atoms with Crippen molar-refractivity contribution in [2.45, 2.75) is 13.0 Å². The van der Waals surface area contributed by atoms with Crippen LogP contribution < -0.4 is 20.7 Å². The van der Waals surface area contributed by atoms with Gasteiger partial charge in [-0.05, 0) is 49.7 Å². The van der Waals surface area contributed by atoms with E-state index in [9.17, 15) is 4.79 Å². The molecule has 1 aromatic rings. The van der Waals surface area contributed by atoms with E-state index in [1.54, 1.807) is 0 Å². The number of hydrogen-bond donors (Lipinski definition) is 3. The number of rotatable bonds is 4. The SMILES string of the molecule is O=C1COc2ccc(CNCC3CCNC3)cc2N1. The average Bonchev–Trinajstić information content (AvgIpc) is 2.91. The number of carbonyl (C=O) groups excluding carboxylic acids is 1. The Morgan fingerprint density at radius 1 is 1.42 bits per heavy atom. The first-order valence-electron chi connectivity index (χ1n) is 6.78. The predicted octanol–water partition coefficient (Wildman–Crippen LogP) is 0.717. The molecule has 5 heteroatoms. The summed E-state index contributed by atoms with van der Waals surface area (Å²) >= 11 is 0. The molecule has 1 fully saturated rings. The summed E-state index contributed by atoms with van der Waals surface area (Å²) in [6, 6.07) is 5.94. The fourth-order valence-electron chi connectivity index (χ4n) is 2.55. The molecule has 0 bridgehead atoms. The molecule has 0 aromatic heterocycles. The maximum absolute atomic E-state index is 11.3. The summed E-state index contributed by atoms with van der Waals surface area (Å²) in [5.41, 5.74) is 1.94. The minimum Gasteiger partial charge on any atom is -0.482 e. The van der Waals surface area contributed by atoms with Gasteiger partial charge in [-0.2, -0.15) is 0 Å². The molecule has 5 nitrogen and oxygen atoms in total. The summed E-state index contributed by atoms with van der Waals surface area (Å²) in [5.74, 6) is 1.40. The Morgan fingerprint density at radius 3 is 3.21 bits per heavy atom. The van der Waals surface area contributed by atoms with Crippen molar-refractivity contribution in [3.63, 3.8) is 0 Å². The van der Waals surface area contributed by atoms with Gasteiger partial charge in [0.15, 0.2) is 6.61 Å². The summed E-state index contributed by atoms with van der Waals surface area (Å²) in [4.78, 5) is 11.3. The smallest absolute Gasteiger partial charge is 0.262 e. The van der Waals surface area contributed by atoms with Crippen molar-refractivity contribution in [1.29, 1.82) is 0 Å². The summed E-state index contributed by atoms with van der Waals surface area (Å²) < 4.78 is 5.34. The summed E-state index contributed by atoms with van der Waals surface area (Å²) in [5, 5.41) is 9.66. The van der Waals surface area contributed by atoms with Crippen LogP contribution in [0, 0.1) is 5.92 Å². The fourth-order valence-corrected chi connectivity index (χ4v) is 2.55.